The van der Waals surface area contributed by atoms with Crippen LogP contribution in [0.15, 0.2) is 48.5 Å². The molecule has 32 heavy (non-hydrogen) atoms. The highest BCUT2D eigenvalue weighted by Crippen LogP contribution is 2.39. The molecule has 0 unspecified atom stereocenters. The third kappa shape index (κ3) is 7.23. The molecule has 2 aromatic carbocycles. The van der Waals surface area contributed by atoms with Crippen LogP contribution in [0.3, 0.4) is 0 Å². The van der Waals surface area contributed by atoms with Crippen LogP contribution < -0.4 is 5.32 Å². The van der Waals surface area contributed by atoms with Gasteiger partial charge in [0.15, 0.2) is 6.29 Å². The van der Waals surface area contributed by atoms with Crippen LogP contribution in [0.4, 0.5) is 5.69 Å². The lowest BCUT2D eigenvalue weighted by Gasteiger charge is -2.36. The minimum absolute atomic E-state index is 0.0148. The van der Waals surface area contributed by atoms with Crippen molar-refractivity contribution >= 4 is 58.2 Å². The second kappa shape index (κ2) is 11.9. The lowest BCUT2D eigenvalue weighted by atomic mass is 10.0. The molecular formula is C22H24Cl3NO5S. The highest BCUT2D eigenvalue weighted by Gasteiger charge is 2.33. The minimum Gasteiger partial charge on any atom is -0.396 e. The van der Waals surface area contributed by atoms with E-state index in [1.807, 2.05) is 24.3 Å². The average Bonchev–Trinajstić information content (AvgIpc) is 2.79. The molecule has 0 aliphatic carbocycles. The molecule has 0 saturated carbocycles. The van der Waals surface area contributed by atoms with Gasteiger partial charge in [-0.25, -0.2) is 0 Å². The first kappa shape index (κ1) is 25.6. The van der Waals surface area contributed by atoms with Crippen LogP contribution in [0.25, 0.3) is 0 Å². The van der Waals surface area contributed by atoms with E-state index in [1.54, 1.807) is 36.0 Å². The lowest BCUT2D eigenvalue weighted by Crippen LogP contribution is -2.31. The van der Waals surface area contributed by atoms with Gasteiger partial charge in [-0.3, -0.25) is 4.79 Å². The summed E-state index contributed by atoms with van der Waals surface area (Å²) >= 11 is 18.4. The van der Waals surface area contributed by atoms with Gasteiger partial charge in [0, 0.05) is 29.2 Å². The maximum Gasteiger partial charge on any atom is 0.276 e. The third-order valence-corrected chi connectivity index (χ3v) is 6.45. The molecule has 3 rings (SSSR count). The molecule has 1 aliphatic heterocycles. The van der Waals surface area contributed by atoms with Crippen molar-refractivity contribution in [2.45, 2.75) is 35.3 Å². The lowest BCUT2D eigenvalue weighted by molar-refractivity contribution is -0.245. The summed E-state index contributed by atoms with van der Waals surface area (Å²) in [7, 11) is 0. The smallest absolute Gasteiger partial charge is 0.276 e. The van der Waals surface area contributed by atoms with Crippen molar-refractivity contribution in [3.63, 3.8) is 0 Å². The summed E-state index contributed by atoms with van der Waals surface area (Å²) in [6, 6.07) is 14.6. The van der Waals surface area contributed by atoms with E-state index in [9.17, 15) is 9.90 Å². The van der Waals surface area contributed by atoms with Crippen molar-refractivity contribution in [3.05, 3.63) is 65.2 Å². The molecule has 174 valence electrons. The largest absolute Gasteiger partial charge is 0.396 e. The number of nitrogens with one attached hydrogen (secondary N) is 1. The van der Waals surface area contributed by atoms with Gasteiger partial charge in [-0.1, -0.05) is 71.2 Å². The number of carbonyl (C=O) groups excluding carboxylic acids is 1. The third-order valence-electron chi connectivity index (χ3n) is 4.85. The van der Waals surface area contributed by atoms with Gasteiger partial charge in [0.25, 0.3) is 9.70 Å². The molecule has 2 aromatic rings. The summed E-state index contributed by atoms with van der Waals surface area (Å²) in [6.45, 7) is 0.101. The number of anilines is 1. The second-order valence-corrected chi connectivity index (χ2v) is 10.7. The maximum atomic E-state index is 11.8. The SMILES string of the molecule is O=C(Nc1ccc([C@@H]2O[C@H](CSCCO)C[C@H](c3ccc(CO)cc3)O2)cc1)C(Cl)(Cl)Cl. The monoisotopic (exact) mass is 519 g/mol. The van der Waals surface area contributed by atoms with E-state index in [0.29, 0.717) is 17.9 Å². The van der Waals surface area contributed by atoms with Crippen LogP contribution in [-0.4, -0.2) is 44.1 Å². The molecule has 1 aliphatic rings. The molecule has 1 fully saturated rings. The van der Waals surface area contributed by atoms with Crippen molar-refractivity contribution in [1.29, 1.82) is 0 Å². The normalized spacial score (nSPS) is 21.3. The molecule has 1 saturated heterocycles. The fraction of sp³-hybridized carbons (Fsp3) is 0.409. The van der Waals surface area contributed by atoms with Crippen molar-refractivity contribution < 1.29 is 24.5 Å². The summed E-state index contributed by atoms with van der Waals surface area (Å²) in [6.07, 6.45) is -0.199. The quantitative estimate of drug-likeness (QED) is 0.344. The van der Waals surface area contributed by atoms with Gasteiger partial charge in [-0.15, -0.1) is 0 Å². The van der Waals surface area contributed by atoms with Gasteiger partial charge in [-0.05, 0) is 23.3 Å². The summed E-state index contributed by atoms with van der Waals surface area (Å²) < 4.78 is 10.4. The Balaban J connectivity index is 1.74. The summed E-state index contributed by atoms with van der Waals surface area (Å²) in [5.74, 6) is 0.620. The van der Waals surface area contributed by atoms with E-state index in [0.717, 1.165) is 22.4 Å². The van der Waals surface area contributed by atoms with Gasteiger partial charge in [0.1, 0.15) is 0 Å². The summed E-state index contributed by atoms with van der Waals surface area (Å²) in [4.78, 5) is 11.8. The molecule has 3 atom stereocenters. The van der Waals surface area contributed by atoms with Crippen LogP contribution in [-0.2, 0) is 20.9 Å². The number of aliphatic hydroxyl groups is 2. The Labute approximate surface area is 206 Å². The van der Waals surface area contributed by atoms with Crippen molar-refractivity contribution in [2.24, 2.45) is 0 Å². The van der Waals surface area contributed by atoms with Gasteiger partial charge in [-0.2, -0.15) is 11.8 Å². The number of carbonyl (C=O) groups is 1. The first-order valence-electron chi connectivity index (χ1n) is 9.97. The standard InChI is InChI=1S/C22H24Cl3NO5S/c23-22(24,25)21(29)26-17-7-5-16(6-8-17)20-30-18(13-32-10-9-27)11-19(31-20)15-3-1-14(12-28)2-4-15/h1-8,18-20,27-28H,9-13H2,(H,26,29)/t18-,19+,20+/m0/s1. The number of aliphatic hydroxyl groups excluding tert-OH is 2. The number of hydrogen-bond donors (Lipinski definition) is 3. The Bertz CT molecular complexity index is 877. The number of rotatable bonds is 8. The van der Waals surface area contributed by atoms with E-state index in [4.69, 9.17) is 49.4 Å². The van der Waals surface area contributed by atoms with E-state index in [1.165, 1.54) is 0 Å². The Kier molecular flexibility index (Phi) is 9.52. The van der Waals surface area contributed by atoms with Crippen LogP contribution in [0.5, 0.6) is 0 Å². The zero-order chi connectivity index (χ0) is 23.1. The Morgan fingerprint density at radius 2 is 1.69 bits per heavy atom. The molecule has 1 heterocycles. The number of halogens is 3. The molecule has 1 amide bonds. The molecule has 0 spiro atoms. The number of ether oxygens (including phenoxy) is 2. The predicted octanol–water partition coefficient (Wildman–Crippen LogP) is 4.76. The first-order valence-corrected chi connectivity index (χ1v) is 12.3. The predicted molar refractivity (Wildman–Crippen MR) is 128 cm³/mol. The number of amides is 1. The summed E-state index contributed by atoms with van der Waals surface area (Å²) in [5, 5.41) is 20.9. The van der Waals surface area contributed by atoms with Crippen molar-refractivity contribution in [3.8, 4) is 0 Å². The van der Waals surface area contributed by atoms with Crippen LogP contribution in [0, 0.1) is 0 Å². The number of benzene rings is 2. The highest BCUT2D eigenvalue weighted by atomic mass is 35.6. The Morgan fingerprint density at radius 1 is 1.03 bits per heavy atom. The van der Waals surface area contributed by atoms with E-state index in [2.05, 4.69) is 5.32 Å². The van der Waals surface area contributed by atoms with Crippen LogP contribution in [0.1, 0.15) is 35.5 Å². The van der Waals surface area contributed by atoms with E-state index in [-0.39, 0.29) is 25.4 Å². The molecule has 3 N–H and O–H groups in total. The molecule has 0 radical (unpaired) electrons. The first-order chi connectivity index (χ1) is 15.3. The van der Waals surface area contributed by atoms with E-state index < -0.39 is 16.0 Å². The van der Waals surface area contributed by atoms with Crippen LogP contribution >= 0.6 is 46.6 Å². The maximum absolute atomic E-state index is 11.8. The van der Waals surface area contributed by atoms with Crippen molar-refractivity contribution in [2.75, 3.05) is 23.4 Å². The molecular weight excluding hydrogens is 497 g/mol. The minimum atomic E-state index is -2.05. The van der Waals surface area contributed by atoms with Gasteiger partial charge < -0.3 is 25.0 Å². The molecule has 0 bridgehead atoms. The highest BCUT2D eigenvalue weighted by molar-refractivity contribution is 7.99. The Morgan fingerprint density at radius 3 is 2.28 bits per heavy atom. The molecule has 6 nitrogen and oxygen atoms in total. The molecule has 10 heteroatoms. The average molecular weight is 521 g/mol. The van der Waals surface area contributed by atoms with Gasteiger partial charge in [0.05, 0.1) is 25.4 Å². The fourth-order valence-corrected chi connectivity index (χ4v) is 4.14. The van der Waals surface area contributed by atoms with E-state index >= 15 is 0 Å². The molecule has 0 aromatic heterocycles. The number of thioether (sulfide) groups is 1. The second-order valence-electron chi connectivity index (χ2n) is 7.22. The van der Waals surface area contributed by atoms with Gasteiger partial charge >= 0.3 is 0 Å². The zero-order valence-electron chi connectivity index (χ0n) is 17.0. The van der Waals surface area contributed by atoms with Crippen molar-refractivity contribution in [1.82, 2.24) is 0 Å². The Hall–Kier alpha value is -1.03. The number of hydrogen-bond acceptors (Lipinski definition) is 6. The fourth-order valence-electron chi connectivity index (χ4n) is 3.23. The number of alkyl halides is 3. The zero-order valence-corrected chi connectivity index (χ0v) is 20.1. The van der Waals surface area contributed by atoms with Crippen LogP contribution in [0.2, 0.25) is 0 Å². The van der Waals surface area contributed by atoms with Gasteiger partial charge in [0.2, 0.25) is 0 Å². The summed E-state index contributed by atoms with van der Waals surface area (Å²) in [5.41, 5.74) is 3.09. The topological polar surface area (TPSA) is 88.0 Å².